The molecule has 172 valence electrons. The molecule has 2 heterocycles. The van der Waals surface area contributed by atoms with Crippen molar-refractivity contribution < 1.29 is 18.0 Å². The minimum absolute atomic E-state index is 0.0252. The van der Waals surface area contributed by atoms with Crippen LogP contribution in [0.2, 0.25) is 0 Å². The average Bonchev–Trinajstić information content (AvgIpc) is 3.11. The van der Waals surface area contributed by atoms with Gasteiger partial charge in [-0.1, -0.05) is 61.7 Å². The van der Waals surface area contributed by atoms with Crippen molar-refractivity contribution in [2.24, 2.45) is 7.05 Å². The van der Waals surface area contributed by atoms with Crippen molar-refractivity contribution in [1.29, 1.82) is 0 Å². The third-order valence-corrected chi connectivity index (χ3v) is 5.00. The number of anilines is 1. The summed E-state index contributed by atoms with van der Waals surface area (Å²) in [4.78, 5) is 16.6. The van der Waals surface area contributed by atoms with Gasteiger partial charge < -0.3 is 10.6 Å². The Morgan fingerprint density at radius 3 is 2.55 bits per heavy atom. The predicted octanol–water partition coefficient (Wildman–Crippen LogP) is 5.03. The largest absolute Gasteiger partial charge is 0.417 e. The second kappa shape index (κ2) is 9.72. The Labute approximate surface area is 189 Å². The average molecular weight is 455 g/mol. The first-order valence-electron chi connectivity index (χ1n) is 10.1. The number of halogens is 3. The number of nitrogens with one attached hydrogen (secondary N) is 2. The highest BCUT2D eigenvalue weighted by Gasteiger charge is 2.36. The molecule has 0 aliphatic heterocycles. The number of rotatable bonds is 8. The van der Waals surface area contributed by atoms with Gasteiger partial charge in [-0.25, -0.2) is 9.67 Å². The van der Waals surface area contributed by atoms with Crippen LogP contribution in [-0.2, 0) is 18.0 Å². The normalized spacial score (nSPS) is 12.9. The molecule has 1 atom stereocenters. The van der Waals surface area contributed by atoms with E-state index in [0.717, 1.165) is 11.6 Å². The van der Waals surface area contributed by atoms with Gasteiger partial charge in [-0.2, -0.15) is 18.3 Å². The first-order valence-corrected chi connectivity index (χ1v) is 10.1. The molecule has 0 aliphatic rings. The monoisotopic (exact) mass is 455 g/mol. The van der Waals surface area contributed by atoms with Crippen molar-refractivity contribution in [3.8, 4) is 0 Å². The summed E-state index contributed by atoms with van der Waals surface area (Å²) in [5, 5.41) is 9.57. The van der Waals surface area contributed by atoms with E-state index in [4.69, 9.17) is 0 Å². The quantitative estimate of drug-likeness (QED) is 0.468. The number of aryl methyl sites for hydroxylation is 1. The van der Waals surface area contributed by atoms with Crippen LogP contribution in [0.25, 0.3) is 16.6 Å². The molecule has 3 aromatic rings. The van der Waals surface area contributed by atoms with Gasteiger partial charge in [0, 0.05) is 12.6 Å². The van der Waals surface area contributed by atoms with Crippen LogP contribution in [-0.4, -0.2) is 27.2 Å². The number of pyridine rings is 1. The van der Waals surface area contributed by atoms with Crippen molar-refractivity contribution in [2.45, 2.75) is 19.1 Å². The summed E-state index contributed by atoms with van der Waals surface area (Å²) >= 11 is 0. The molecule has 33 heavy (non-hydrogen) atoms. The first kappa shape index (κ1) is 23.8. The van der Waals surface area contributed by atoms with Gasteiger partial charge in [0.2, 0.25) is 5.91 Å². The van der Waals surface area contributed by atoms with Gasteiger partial charge in [-0.3, -0.25) is 4.79 Å². The van der Waals surface area contributed by atoms with Crippen LogP contribution in [0.15, 0.2) is 67.8 Å². The Morgan fingerprint density at radius 2 is 1.94 bits per heavy atom. The third-order valence-electron chi connectivity index (χ3n) is 5.00. The van der Waals surface area contributed by atoms with Crippen molar-refractivity contribution in [2.75, 3.05) is 11.9 Å². The topological polar surface area (TPSA) is 71.8 Å². The maximum atomic E-state index is 14.0. The van der Waals surface area contributed by atoms with E-state index in [0.29, 0.717) is 5.57 Å². The van der Waals surface area contributed by atoms with Crippen molar-refractivity contribution in [1.82, 2.24) is 20.1 Å². The zero-order valence-electron chi connectivity index (χ0n) is 18.3. The van der Waals surface area contributed by atoms with Gasteiger partial charge in [-0.05, 0) is 18.6 Å². The maximum absolute atomic E-state index is 14.0. The number of alkyl halides is 3. The van der Waals surface area contributed by atoms with Gasteiger partial charge in [0.05, 0.1) is 23.5 Å². The molecule has 0 bridgehead atoms. The van der Waals surface area contributed by atoms with Crippen molar-refractivity contribution >= 4 is 28.3 Å². The standard InChI is InChI=1S/C24H24F3N5O/c1-5-10-16(6-2)22-21-18(24(25,26)27)13-19(30-23(21)32(4)31-22)28-14-20(33)29-15(3)17-11-8-7-9-12-17/h5-13,15H,1-2,14H2,3-4H3,(H,28,30)(H,29,33)/b16-10+/t15-/m0/s1. The summed E-state index contributed by atoms with van der Waals surface area (Å²) in [5.74, 6) is -0.463. The lowest BCUT2D eigenvalue weighted by Crippen LogP contribution is -2.32. The second-order valence-corrected chi connectivity index (χ2v) is 7.34. The van der Waals surface area contributed by atoms with E-state index in [-0.39, 0.29) is 41.0 Å². The van der Waals surface area contributed by atoms with Crippen LogP contribution in [0.3, 0.4) is 0 Å². The minimum Gasteiger partial charge on any atom is -0.361 e. The number of benzene rings is 1. The minimum atomic E-state index is -4.67. The lowest BCUT2D eigenvalue weighted by molar-refractivity contribution is -0.136. The van der Waals surface area contributed by atoms with Gasteiger partial charge in [-0.15, -0.1) is 0 Å². The Bertz CT molecular complexity index is 1210. The van der Waals surface area contributed by atoms with Crippen molar-refractivity contribution in [3.05, 3.63) is 84.6 Å². The lowest BCUT2D eigenvalue weighted by atomic mass is 10.0. The third kappa shape index (κ3) is 5.31. The summed E-state index contributed by atoms with van der Waals surface area (Å²) < 4.78 is 43.2. The molecule has 2 aromatic heterocycles. The highest BCUT2D eigenvalue weighted by molar-refractivity contribution is 5.95. The van der Waals surface area contributed by atoms with E-state index in [2.05, 4.69) is 33.9 Å². The zero-order valence-corrected chi connectivity index (χ0v) is 18.3. The number of aromatic nitrogens is 3. The fourth-order valence-electron chi connectivity index (χ4n) is 3.42. The summed E-state index contributed by atoms with van der Waals surface area (Å²) in [6.45, 7) is 8.81. The van der Waals surface area contributed by atoms with Gasteiger partial charge in [0.1, 0.15) is 11.5 Å². The SMILES string of the molecule is C=C/C=C(\C=C)c1nn(C)c2nc(NCC(=O)N[C@@H](C)c3ccccc3)cc(C(F)(F)F)c12. The van der Waals surface area contributed by atoms with E-state index in [1.165, 1.54) is 30.0 Å². The van der Waals surface area contributed by atoms with Crippen LogP contribution in [0.1, 0.15) is 29.8 Å². The first-order chi connectivity index (χ1) is 15.7. The molecule has 0 unspecified atom stereocenters. The fourth-order valence-corrected chi connectivity index (χ4v) is 3.42. The molecular weight excluding hydrogens is 431 g/mol. The lowest BCUT2D eigenvalue weighted by Gasteiger charge is -2.15. The molecule has 6 nitrogen and oxygen atoms in total. The molecule has 1 aromatic carbocycles. The predicted molar refractivity (Wildman–Crippen MR) is 123 cm³/mol. The Balaban J connectivity index is 1.91. The van der Waals surface area contributed by atoms with E-state index in [9.17, 15) is 18.0 Å². The number of fused-ring (bicyclic) bond motifs is 1. The molecular formula is C24H24F3N5O. The smallest absolute Gasteiger partial charge is 0.361 e. The molecule has 3 rings (SSSR count). The van der Waals surface area contributed by atoms with E-state index >= 15 is 0 Å². The molecule has 0 spiro atoms. The second-order valence-electron chi connectivity index (χ2n) is 7.34. The van der Waals surface area contributed by atoms with Gasteiger partial charge in [0.25, 0.3) is 0 Å². The van der Waals surface area contributed by atoms with Crippen LogP contribution >= 0.6 is 0 Å². The van der Waals surface area contributed by atoms with E-state index in [1.807, 2.05) is 37.3 Å². The number of carbonyl (C=O) groups excluding carboxylic acids is 1. The van der Waals surface area contributed by atoms with Crippen LogP contribution < -0.4 is 10.6 Å². The zero-order chi connectivity index (χ0) is 24.2. The number of carbonyl (C=O) groups is 1. The van der Waals surface area contributed by atoms with Gasteiger partial charge >= 0.3 is 6.18 Å². The highest BCUT2D eigenvalue weighted by atomic mass is 19.4. The molecule has 0 radical (unpaired) electrons. The molecule has 0 saturated heterocycles. The molecule has 0 fully saturated rings. The number of nitrogens with zero attached hydrogens (tertiary/aromatic N) is 3. The maximum Gasteiger partial charge on any atom is 0.417 e. The molecule has 0 aliphatic carbocycles. The molecule has 1 amide bonds. The molecule has 2 N–H and O–H groups in total. The van der Waals surface area contributed by atoms with Gasteiger partial charge in [0.15, 0.2) is 5.65 Å². The van der Waals surface area contributed by atoms with E-state index < -0.39 is 11.7 Å². The number of allylic oxidation sites excluding steroid dienone is 4. The fraction of sp³-hybridized carbons (Fsp3) is 0.208. The van der Waals surface area contributed by atoms with Crippen LogP contribution in [0, 0.1) is 0 Å². The van der Waals surface area contributed by atoms with E-state index in [1.54, 1.807) is 0 Å². The summed E-state index contributed by atoms with van der Waals surface area (Å²) in [5.41, 5.74) is 0.518. The highest BCUT2D eigenvalue weighted by Crippen LogP contribution is 2.39. The Morgan fingerprint density at radius 1 is 1.24 bits per heavy atom. The summed E-state index contributed by atoms with van der Waals surface area (Å²) in [7, 11) is 1.51. The summed E-state index contributed by atoms with van der Waals surface area (Å²) in [6.07, 6.45) is -0.281. The Hall–Kier alpha value is -3.88. The van der Waals surface area contributed by atoms with Crippen LogP contribution in [0.4, 0.5) is 19.0 Å². The molecule has 0 saturated carbocycles. The number of hydrogen-bond acceptors (Lipinski definition) is 4. The molecule has 9 heteroatoms. The number of amides is 1. The van der Waals surface area contributed by atoms with Crippen molar-refractivity contribution in [3.63, 3.8) is 0 Å². The number of hydrogen-bond donors (Lipinski definition) is 2. The van der Waals surface area contributed by atoms with Crippen LogP contribution in [0.5, 0.6) is 0 Å². The summed E-state index contributed by atoms with van der Waals surface area (Å²) in [6, 6.07) is 9.97. The Kier molecular flexibility index (Phi) is 7.01.